The molecule has 7 nitrogen and oxygen atoms in total. The Morgan fingerprint density at radius 3 is 2.59 bits per heavy atom. The number of rotatable bonds is 6. The Labute approximate surface area is 127 Å². The van der Waals surface area contributed by atoms with E-state index in [1.807, 2.05) is 0 Å². The Morgan fingerprint density at radius 1 is 1.27 bits per heavy atom. The molecule has 1 aliphatic rings. The molecule has 0 aromatic heterocycles. The Balaban J connectivity index is 1.77. The maximum absolute atomic E-state index is 11.8. The minimum Gasteiger partial charge on any atom is -0.460 e. The molecule has 0 spiro atoms. The summed E-state index contributed by atoms with van der Waals surface area (Å²) >= 11 is 0. The minimum atomic E-state index is -0.613. The summed E-state index contributed by atoms with van der Waals surface area (Å²) in [4.78, 5) is 33.5. The van der Waals surface area contributed by atoms with Gasteiger partial charge in [-0.3, -0.25) is 19.7 Å². The zero-order valence-corrected chi connectivity index (χ0v) is 12.0. The number of carbonyl (C=O) groups is 2. The highest BCUT2D eigenvalue weighted by Gasteiger charge is 2.24. The van der Waals surface area contributed by atoms with Crippen LogP contribution in [0, 0.1) is 10.1 Å². The number of nitrogens with zero attached hydrogens (tertiary/aromatic N) is 1. The number of carbonyl (C=O) groups excluding carboxylic acids is 2. The summed E-state index contributed by atoms with van der Waals surface area (Å²) in [6.07, 6.45) is 1.70. The van der Waals surface area contributed by atoms with E-state index in [2.05, 4.69) is 0 Å². The van der Waals surface area contributed by atoms with E-state index < -0.39 is 17.0 Å². The number of ether oxygens (including phenoxy) is 2. The molecule has 7 heteroatoms. The van der Waals surface area contributed by atoms with Gasteiger partial charge >= 0.3 is 5.97 Å². The van der Waals surface area contributed by atoms with E-state index in [9.17, 15) is 19.7 Å². The highest BCUT2D eigenvalue weighted by Crippen LogP contribution is 2.16. The number of hydrogen-bond acceptors (Lipinski definition) is 6. The summed E-state index contributed by atoms with van der Waals surface area (Å²) in [6.45, 7) is 0.532. The van der Waals surface area contributed by atoms with Gasteiger partial charge in [0.25, 0.3) is 5.69 Å². The minimum absolute atomic E-state index is 0.0182. The zero-order chi connectivity index (χ0) is 15.9. The zero-order valence-electron chi connectivity index (χ0n) is 12.0. The first-order chi connectivity index (χ1) is 10.6. The lowest BCUT2D eigenvalue weighted by molar-refractivity contribution is -0.384. The van der Waals surface area contributed by atoms with Gasteiger partial charge in [-0.25, -0.2) is 0 Å². The number of benzene rings is 1. The third-order valence-corrected chi connectivity index (χ3v) is 3.40. The highest BCUT2D eigenvalue weighted by atomic mass is 16.6. The Hall–Kier alpha value is -2.28. The lowest BCUT2D eigenvalue weighted by Crippen LogP contribution is -2.30. The van der Waals surface area contributed by atoms with Crippen molar-refractivity contribution in [3.8, 4) is 0 Å². The smallest absolute Gasteiger partial charge is 0.313 e. The molecule has 0 N–H and O–H groups in total. The van der Waals surface area contributed by atoms with Gasteiger partial charge < -0.3 is 9.47 Å². The van der Waals surface area contributed by atoms with E-state index in [0.29, 0.717) is 18.6 Å². The third kappa shape index (κ3) is 4.63. The summed E-state index contributed by atoms with van der Waals surface area (Å²) in [6, 6.07) is 5.70. The first-order valence-electron chi connectivity index (χ1n) is 7.09. The van der Waals surface area contributed by atoms with E-state index in [0.717, 1.165) is 12.8 Å². The van der Waals surface area contributed by atoms with Crippen LogP contribution in [0.1, 0.15) is 31.2 Å². The molecular formula is C15H17NO6. The molecule has 1 aliphatic heterocycles. The molecule has 118 valence electrons. The number of Topliss-reactive ketones (excluding diaryl/α,β-unsaturated/α-hetero) is 1. The molecule has 1 aromatic carbocycles. The van der Waals surface area contributed by atoms with E-state index in [4.69, 9.17) is 9.47 Å². The normalized spacial score (nSPS) is 17.7. The van der Waals surface area contributed by atoms with Crippen LogP contribution in [0.3, 0.4) is 0 Å². The fourth-order valence-electron chi connectivity index (χ4n) is 2.18. The van der Waals surface area contributed by atoms with Crippen LogP contribution < -0.4 is 0 Å². The average molecular weight is 307 g/mol. The first kappa shape index (κ1) is 16.1. The van der Waals surface area contributed by atoms with Crippen molar-refractivity contribution in [1.29, 1.82) is 0 Å². The number of esters is 1. The lowest BCUT2D eigenvalue weighted by atomic mass is 10.0. The molecule has 0 radical (unpaired) electrons. The molecule has 1 atom stereocenters. The van der Waals surface area contributed by atoms with E-state index in [-0.39, 0.29) is 24.5 Å². The molecule has 1 heterocycles. The van der Waals surface area contributed by atoms with Crippen LogP contribution in [0.2, 0.25) is 0 Å². The predicted molar refractivity (Wildman–Crippen MR) is 76.1 cm³/mol. The molecule has 0 bridgehead atoms. The second-order valence-corrected chi connectivity index (χ2v) is 5.08. The standard InChI is InChI=1S/C15H17NO6/c17-13(14-3-1-2-8-21-14)9-15(18)22-10-11-4-6-12(7-5-11)16(19)20/h4-7,14H,1-3,8-10H2. The molecule has 1 fully saturated rings. The SMILES string of the molecule is O=C(CC(=O)C1CCCCO1)OCc1ccc([N+](=O)[O-])cc1. The lowest BCUT2D eigenvalue weighted by Gasteiger charge is -2.20. The van der Waals surface area contributed by atoms with Crippen LogP contribution in [0.25, 0.3) is 0 Å². The fraction of sp³-hybridized carbons (Fsp3) is 0.467. The van der Waals surface area contributed by atoms with Crippen LogP contribution in [0.15, 0.2) is 24.3 Å². The number of ketones is 1. The summed E-state index contributed by atoms with van der Waals surface area (Å²) in [5, 5.41) is 10.5. The van der Waals surface area contributed by atoms with Crippen LogP contribution in [-0.2, 0) is 25.7 Å². The largest absolute Gasteiger partial charge is 0.460 e. The number of hydrogen-bond donors (Lipinski definition) is 0. The van der Waals surface area contributed by atoms with Crippen LogP contribution in [0.5, 0.6) is 0 Å². The second kappa shape index (κ2) is 7.65. The molecule has 1 aromatic rings. The van der Waals surface area contributed by atoms with Gasteiger partial charge in [0.1, 0.15) is 19.1 Å². The van der Waals surface area contributed by atoms with Crippen molar-refractivity contribution >= 4 is 17.4 Å². The Kier molecular flexibility index (Phi) is 5.60. The van der Waals surface area contributed by atoms with Crippen molar-refractivity contribution in [3.05, 3.63) is 39.9 Å². The van der Waals surface area contributed by atoms with Crippen LogP contribution >= 0.6 is 0 Å². The number of non-ortho nitro benzene ring substituents is 1. The molecule has 0 amide bonds. The van der Waals surface area contributed by atoms with Gasteiger partial charge in [0.2, 0.25) is 0 Å². The third-order valence-electron chi connectivity index (χ3n) is 3.40. The number of nitro groups is 1. The predicted octanol–water partition coefficient (Wildman–Crippen LogP) is 2.17. The number of nitro benzene ring substituents is 1. The average Bonchev–Trinajstić information content (AvgIpc) is 2.54. The van der Waals surface area contributed by atoms with E-state index in [1.54, 1.807) is 0 Å². The maximum atomic E-state index is 11.8. The van der Waals surface area contributed by atoms with Gasteiger partial charge in [-0.15, -0.1) is 0 Å². The van der Waals surface area contributed by atoms with Gasteiger partial charge in [0.15, 0.2) is 5.78 Å². The summed E-state index contributed by atoms with van der Waals surface area (Å²) in [7, 11) is 0. The molecule has 1 saturated heterocycles. The topological polar surface area (TPSA) is 95.7 Å². The summed E-state index contributed by atoms with van der Waals surface area (Å²) in [5.41, 5.74) is 0.597. The van der Waals surface area contributed by atoms with Gasteiger partial charge in [0, 0.05) is 18.7 Å². The van der Waals surface area contributed by atoms with Gasteiger partial charge in [-0.05, 0) is 37.0 Å². The van der Waals surface area contributed by atoms with Crippen molar-refractivity contribution < 1.29 is 24.0 Å². The molecule has 0 aliphatic carbocycles. The monoisotopic (exact) mass is 307 g/mol. The molecule has 1 unspecified atom stereocenters. The van der Waals surface area contributed by atoms with Gasteiger partial charge in [0.05, 0.1) is 4.92 Å². The Bertz CT molecular complexity index is 548. The molecule has 22 heavy (non-hydrogen) atoms. The molecule has 0 saturated carbocycles. The van der Waals surface area contributed by atoms with Gasteiger partial charge in [-0.1, -0.05) is 0 Å². The van der Waals surface area contributed by atoms with Crippen LogP contribution in [0.4, 0.5) is 5.69 Å². The highest BCUT2D eigenvalue weighted by molar-refractivity contribution is 5.98. The van der Waals surface area contributed by atoms with Crippen molar-refractivity contribution in [2.75, 3.05) is 6.61 Å². The second-order valence-electron chi connectivity index (χ2n) is 5.08. The van der Waals surface area contributed by atoms with Crippen molar-refractivity contribution in [2.45, 2.75) is 38.4 Å². The fourth-order valence-corrected chi connectivity index (χ4v) is 2.18. The summed E-state index contributed by atoms with van der Waals surface area (Å²) in [5.74, 6) is -0.870. The van der Waals surface area contributed by atoms with Crippen LogP contribution in [-0.4, -0.2) is 29.4 Å². The Morgan fingerprint density at radius 2 is 2.00 bits per heavy atom. The maximum Gasteiger partial charge on any atom is 0.313 e. The van der Waals surface area contributed by atoms with Gasteiger partial charge in [-0.2, -0.15) is 0 Å². The summed E-state index contributed by atoms with van der Waals surface area (Å²) < 4.78 is 10.3. The quantitative estimate of drug-likeness (QED) is 0.346. The van der Waals surface area contributed by atoms with E-state index >= 15 is 0 Å². The molecule has 2 rings (SSSR count). The van der Waals surface area contributed by atoms with E-state index in [1.165, 1.54) is 24.3 Å². The van der Waals surface area contributed by atoms with Crippen molar-refractivity contribution in [1.82, 2.24) is 0 Å². The first-order valence-corrected chi connectivity index (χ1v) is 7.09. The molecular weight excluding hydrogens is 290 g/mol. The van der Waals surface area contributed by atoms with Crippen molar-refractivity contribution in [2.24, 2.45) is 0 Å². The van der Waals surface area contributed by atoms with Crippen molar-refractivity contribution in [3.63, 3.8) is 0 Å².